The van der Waals surface area contributed by atoms with Crippen molar-refractivity contribution in [1.82, 2.24) is 35.1 Å². The van der Waals surface area contributed by atoms with Crippen LogP contribution in [0.25, 0.3) is 17.1 Å². The third-order valence-electron chi connectivity index (χ3n) is 5.57. The molecule has 0 radical (unpaired) electrons. The SMILES string of the molecule is COc1ccccc1-c1cc(C(=O)N2CCC(Oc3ccc(-n4cccn4)nn3)CC2)[nH]n1. The van der Waals surface area contributed by atoms with E-state index in [0.29, 0.717) is 54.8 Å². The molecule has 0 bridgehead atoms. The Labute approximate surface area is 190 Å². The molecule has 0 spiro atoms. The van der Waals surface area contributed by atoms with Crippen LogP contribution in [-0.2, 0) is 0 Å². The maximum atomic E-state index is 13.0. The van der Waals surface area contributed by atoms with E-state index < -0.39 is 0 Å². The normalized spacial score (nSPS) is 14.3. The summed E-state index contributed by atoms with van der Waals surface area (Å²) < 4.78 is 13.0. The van der Waals surface area contributed by atoms with Gasteiger partial charge in [-0.1, -0.05) is 12.1 Å². The maximum absolute atomic E-state index is 13.0. The summed E-state index contributed by atoms with van der Waals surface area (Å²) >= 11 is 0. The number of hydrogen-bond acceptors (Lipinski definition) is 7. The first-order valence-electron chi connectivity index (χ1n) is 10.7. The number of likely N-dealkylation sites (tertiary alicyclic amines) is 1. The first-order chi connectivity index (χ1) is 16.2. The summed E-state index contributed by atoms with van der Waals surface area (Å²) in [6.07, 6.45) is 4.88. The summed E-state index contributed by atoms with van der Waals surface area (Å²) in [6.45, 7) is 1.18. The molecule has 3 aromatic heterocycles. The van der Waals surface area contributed by atoms with E-state index in [1.165, 1.54) is 0 Å². The average molecular weight is 445 g/mol. The van der Waals surface area contributed by atoms with Gasteiger partial charge >= 0.3 is 0 Å². The Kier molecular flexibility index (Phi) is 5.71. The first-order valence-corrected chi connectivity index (χ1v) is 10.7. The number of ether oxygens (including phenoxy) is 2. The lowest BCUT2D eigenvalue weighted by molar-refractivity contribution is 0.0580. The molecule has 0 aliphatic carbocycles. The lowest BCUT2D eigenvalue weighted by Crippen LogP contribution is -2.42. The molecule has 33 heavy (non-hydrogen) atoms. The number of nitrogens with one attached hydrogen (secondary N) is 1. The number of nitrogens with zero attached hydrogens (tertiary/aromatic N) is 6. The second-order valence-electron chi connectivity index (χ2n) is 7.66. The number of carbonyl (C=O) groups excluding carboxylic acids is 1. The molecule has 5 rings (SSSR count). The zero-order valence-corrected chi connectivity index (χ0v) is 18.1. The fourth-order valence-electron chi connectivity index (χ4n) is 3.85. The Balaban J connectivity index is 1.17. The number of amides is 1. The zero-order valence-electron chi connectivity index (χ0n) is 18.1. The Morgan fingerprint density at radius 1 is 1.09 bits per heavy atom. The molecule has 1 aliphatic rings. The van der Waals surface area contributed by atoms with Gasteiger partial charge in [0.25, 0.3) is 5.91 Å². The van der Waals surface area contributed by atoms with E-state index in [1.807, 2.05) is 41.3 Å². The van der Waals surface area contributed by atoms with Gasteiger partial charge in [-0.05, 0) is 30.3 Å². The van der Waals surface area contributed by atoms with E-state index in [9.17, 15) is 4.79 Å². The average Bonchev–Trinajstić information content (AvgIpc) is 3.57. The van der Waals surface area contributed by atoms with E-state index in [2.05, 4.69) is 25.5 Å². The third-order valence-corrected chi connectivity index (χ3v) is 5.57. The van der Waals surface area contributed by atoms with Gasteiger partial charge < -0.3 is 14.4 Å². The molecule has 10 nitrogen and oxygen atoms in total. The number of methoxy groups -OCH3 is 1. The Bertz CT molecular complexity index is 1210. The molecular formula is C23H23N7O3. The highest BCUT2D eigenvalue weighted by Gasteiger charge is 2.26. The van der Waals surface area contributed by atoms with E-state index in [1.54, 1.807) is 36.3 Å². The topological polar surface area (TPSA) is 111 Å². The van der Waals surface area contributed by atoms with E-state index in [4.69, 9.17) is 9.47 Å². The van der Waals surface area contributed by atoms with E-state index in [0.717, 1.165) is 5.56 Å². The van der Waals surface area contributed by atoms with Crippen molar-refractivity contribution in [2.24, 2.45) is 0 Å². The molecule has 1 amide bonds. The van der Waals surface area contributed by atoms with Crippen LogP contribution in [0.4, 0.5) is 0 Å². The highest BCUT2D eigenvalue weighted by atomic mass is 16.5. The maximum Gasteiger partial charge on any atom is 0.271 e. The second kappa shape index (κ2) is 9.11. The van der Waals surface area contributed by atoms with Gasteiger partial charge in [0.1, 0.15) is 17.5 Å². The van der Waals surface area contributed by atoms with Gasteiger partial charge in [-0.2, -0.15) is 10.2 Å². The molecule has 1 aromatic carbocycles. The van der Waals surface area contributed by atoms with Crippen LogP contribution in [0.2, 0.25) is 0 Å². The van der Waals surface area contributed by atoms with Crippen molar-refractivity contribution in [2.75, 3.05) is 20.2 Å². The van der Waals surface area contributed by atoms with Crippen molar-refractivity contribution in [3.8, 4) is 28.7 Å². The Morgan fingerprint density at radius 3 is 2.67 bits per heavy atom. The number of hydrogen-bond donors (Lipinski definition) is 1. The summed E-state index contributed by atoms with van der Waals surface area (Å²) in [4.78, 5) is 14.8. The molecule has 4 heterocycles. The van der Waals surface area contributed by atoms with Crippen molar-refractivity contribution in [3.63, 3.8) is 0 Å². The van der Waals surface area contributed by atoms with Crippen molar-refractivity contribution < 1.29 is 14.3 Å². The minimum Gasteiger partial charge on any atom is -0.496 e. The number of carbonyl (C=O) groups is 1. The molecule has 4 aromatic rings. The molecule has 0 atom stereocenters. The van der Waals surface area contributed by atoms with Gasteiger partial charge in [0, 0.05) is 50.0 Å². The number of piperidine rings is 1. The van der Waals surface area contributed by atoms with Crippen LogP contribution >= 0.6 is 0 Å². The van der Waals surface area contributed by atoms with Crippen LogP contribution in [0, 0.1) is 0 Å². The monoisotopic (exact) mass is 445 g/mol. The fourth-order valence-corrected chi connectivity index (χ4v) is 3.85. The Hall–Kier alpha value is -4.21. The fraction of sp³-hybridized carbons (Fsp3) is 0.261. The van der Waals surface area contributed by atoms with Gasteiger partial charge in [0.15, 0.2) is 5.82 Å². The van der Waals surface area contributed by atoms with E-state index in [-0.39, 0.29) is 12.0 Å². The van der Waals surface area contributed by atoms with Gasteiger partial charge in [-0.15, -0.1) is 10.2 Å². The van der Waals surface area contributed by atoms with Crippen LogP contribution in [0.1, 0.15) is 23.3 Å². The van der Waals surface area contributed by atoms with Crippen LogP contribution < -0.4 is 9.47 Å². The van der Waals surface area contributed by atoms with Crippen LogP contribution in [0.3, 0.4) is 0 Å². The predicted octanol–water partition coefficient (Wildman–Crippen LogP) is 2.74. The van der Waals surface area contributed by atoms with Gasteiger partial charge in [-0.3, -0.25) is 9.89 Å². The molecule has 1 aliphatic heterocycles. The second-order valence-corrected chi connectivity index (χ2v) is 7.66. The highest BCUT2D eigenvalue weighted by molar-refractivity contribution is 5.93. The van der Waals surface area contributed by atoms with Crippen LogP contribution in [0.5, 0.6) is 11.6 Å². The summed E-state index contributed by atoms with van der Waals surface area (Å²) in [7, 11) is 1.61. The van der Waals surface area contributed by atoms with Crippen LogP contribution in [0.15, 0.2) is 60.9 Å². The lowest BCUT2D eigenvalue weighted by Gasteiger charge is -2.31. The third kappa shape index (κ3) is 4.40. The summed E-state index contributed by atoms with van der Waals surface area (Å²) in [6, 6.07) is 14.8. The number of para-hydroxylation sites is 1. The molecule has 10 heteroatoms. The summed E-state index contributed by atoms with van der Waals surface area (Å²) in [5.41, 5.74) is 1.96. The van der Waals surface area contributed by atoms with Crippen molar-refractivity contribution in [1.29, 1.82) is 0 Å². The summed E-state index contributed by atoms with van der Waals surface area (Å²) in [5.74, 6) is 1.72. The molecule has 1 saturated heterocycles. The van der Waals surface area contributed by atoms with Gasteiger partial charge in [0.2, 0.25) is 5.88 Å². The molecule has 168 valence electrons. The van der Waals surface area contributed by atoms with Gasteiger partial charge in [-0.25, -0.2) is 4.68 Å². The number of benzene rings is 1. The summed E-state index contributed by atoms with van der Waals surface area (Å²) in [5, 5.41) is 19.6. The number of rotatable bonds is 6. The Morgan fingerprint density at radius 2 is 1.94 bits per heavy atom. The molecule has 1 N–H and O–H groups in total. The molecule has 1 fully saturated rings. The van der Waals surface area contributed by atoms with Crippen molar-refractivity contribution in [2.45, 2.75) is 18.9 Å². The van der Waals surface area contributed by atoms with E-state index >= 15 is 0 Å². The predicted molar refractivity (Wildman–Crippen MR) is 119 cm³/mol. The minimum atomic E-state index is -0.0783. The first kappa shape index (κ1) is 20.7. The smallest absolute Gasteiger partial charge is 0.271 e. The number of H-pyrrole nitrogens is 1. The highest BCUT2D eigenvalue weighted by Crippen LogP contribution is 2.28. The quantitative estimate of drug-likeness (QED) is 0.486. The lowest BCUT2D eigenvalue weighted by atomic mass is 10.1. The van der Waals surface area contributed by atoms with Crippen molar-refractivity contribution in [3.05, 3.63) is 66.6 Å². The molecular weight excluding hydrogens is 422 g/mol. The van der Waals surface area contributed by atoms with Crippen molar-refractivity contribution >= 4 is 5.91 Å². The standard InChI is InChI=1S/C23H23N7O3/c1-32-20-6-3-2-5-17(20)18-15-19(26-25-18)23(31)29-13-9-16(10-14-29)33-22-8-7-21(27-28-22)30-12-4-11-24-30/h2-8,11-12,15-16H,9-10,13-14H2,1H3,(H,25,26). The molecule has 0 unspecified atom stereocenters. The molecule has 0 saturated carbocycles. The van der Waals surface area contributed by atoms with Crippen LogP contribution in [-0.4, -0.2) is 67.3 Å². The minimum absolute atomic E-state index is 0.0233. The largest absolute Gasteiger partial charge is 0.496 e. The number of aromatic amines is 1. The zero-order chi connectivity index (χ0) is 22.6. The van der Waals surface area contributed by atoms with Gasteiger partial charge in [0.05, 0.1) is 12.8 Å². The number of aromatic nitrogens is 6.